The summed E-state index contributed by atoms with van der Waals surface area (Å²) < 4.78 is 32.6. The molecule has 0 aliphatic carbocycles. The number of hydrogen-bond acceptors (Lipinski definition) is 8. The van der Waals surface area contributed by atoms with Gasteiger partial charge in [0.2, 0.25) is 0 Å². The average Bonchev–Trinajstić information content (AvgIpc) is 3.73. The summed E-state index contributed by atoms with van der Waals surface area (Å²) in [5, 5.41) is 16.2. The zero-order valence-electron chi connectivity index (χ0n) is 22.9. The number of thiophene rings is 1. The van der Waals surface area contributed by atoms with Gasteiger partial charge in [-0.2, -0.15) is 15.3 Å². The second kappa shape index (κ2) is 10.1. The Morgan fingerprint density at radius 1 is 1.14 bits per heavy atom. The lowest BCUT2D eigenvalue weighted by Crippen LogP contribution is -2.17. The quantitative estimate of drug-likeness (QED) is 0.277. The van der Waals surface area contributed by atoms with Crippen molar-refractivity contribution in [2.75, 3.05) is 5.32 Å². The highest BCUT2D eigenvalue weighted by atomic mass is 32.1. The predicted molar refractivity (Wildman–Crippen MR) is 153 cm³/mol. The summed E-state index contributed by atoms with van der Waals surface area (Å²) in [5.41, 5.74) is 9.55. The van der Waals surface area contributed by atoms with E-state index < -0.39 is 23.9 Å². The first kappa shape index (κ1) is 27.1. The molecule has 0 aromatic carbocycles. The first-order valence-corrected chi connectivity index (χ1v) is 13.6. The van der Waals surface area contributed by atoms with E-state index in [1.54, 1.807) is 40.1 Å². The summed E-state index contributed by atoms with van der Waals surface area (Å²) in [7, 11) is 1.72. The topological polar surface area (TPSA) is 151 Å². The highest BCUT2D eigenvalue weighted by Crippen LogP contribution is 2.43. The van der Waals surface area contributed by atoms with E-state index >= 15 is 0 Å². The van der Waals surface area contributed by atoms with Crippen molar-refractivity contribution in [2.24, 2.45) is 12.8 Å². The van der Waals surface area contributed by atoms with Gasteiger partial charge in [0, 0.05) is 48.2 Å². The summed E-state index contributed by atoms with van der Waals surface area (Å²) in [6.45, 7) is 6.33. The number of anilines is 1. The van der Waals surface area contributed by atoms with E-state index in [2.05, 4.69) is 30.6 Å². The van der Waals surface area contributed by atoms with Gasteiger partial charge < -0.3 is 11.1 Å². The molecule has 214 valence electrons. The lowest BCUT2D eigenvalue weighted by Gasteiger charge is -2.10. The molecule has 0 fully saturated rings. The summed E-state index contributed by atoms with van der Waals surface area (Å²) in [6.07, 6.45) is 3.50. The number of carbonyl (C=O) groups is 2. The zero-order valence-corrected chi connectivity index (χ0v) is 23.7. The number of nitrogens with one attached hydrogen (secondary N) is 1. The normalized spacial score (nSPS) is 11.7. The fourth-order valence-electron chi connectivity index (χ4n) is 4.87. The summed E-state index contributed by atoms with van der Waals surface area (Å²) >= 11 is 0.827. The maximum atomic E-state index is 13.8. The predicted octanol–water partition coefficient (Wildman–Crippen LogP) is 4.53. The third kappa shape index (κ3) is 4.29. The molecule has 0 saturated heterocycles. The van der Waals surface area contributed by atoms with Crippen LogP contribution in [0, 0.1) is 13.8 Å². The molecule has 6 aromatic heterocycles. The van der Waals surface area contributed by atoms with Gasteiger partial charge in [-0.15, -0.1) is 11.3 Å². The third-order valence-electron chi connectivity index (χ3n) is 7.09. The van der Waals surface area contributed by atoms with Gasteiger partial charge >= 0.3 is 0 Å². The minimum atomic E-state index is -2.87. The molecule has 3 N–H and O–H groups in total. The van der Waals surface area contributed by atoms with Crippen LogP contribution in [-0.4, -0.2) is 51.0 Å². The fourth-order valence-corrected chi connectivity index (χ4v) is 5.88. The molecule has 0 unspecified atom stereocenters. The van der Waals surface area contributed by atoms with Gasteiger partial charge in [-0.1, -0.05) is 0 Å². The summed E-state index contributed by atoms with van der Waals surface area (Å²) in [6, 6.07) is 3.02. The van der Waals surface area contributed by atoms with Gasteiger partial charge in [-0.05, 0) is 38.5 Å². The third-order valence-corrected chi connectivity index (χ3v) is 8.18. The van der Waals surface area contributed by atoms with E-state index in [4.69, 9.17) is 5.73 Å². The molecule has 6 heterocycles. The number of hydrogen-bond donors (Lipinski definition) is 2. The Hall–Kier alpha value is -5.05. The molecular weight excluding hydrogens is 566 g/mol. The molecular formula is C27H24F2N10O2S. The van der Waals surface area contributed by atoms with Crippen LogP contribution in [0.15, 0.2) is 36.9 Å². The van der Waals surface area contributed by atoms with E-state index in [1.165, 1.54) is 18.5 Å². The Morgan fingerprint density at radius 3 is 2.57 bits per heavy atom. The molecule has 2 amide bonds. The molecule has 42 heavy (non-hydrogen) atoms. The smallest absolute Gasteiger partial charge is 0.280 e. The Balaban J connectivity index is 1.50. The van der Waals surface area contributed by atoms with Crippen LogP contribution in [0.25, 0.3) is 38.2 Å². The average molecular weight is 591 g/mol. The lowest BCUT2D eigenvalue weighted by atomic mass is 10.0. The number of rotatable bonds is 7. The lowest BCUT2D eigenvalue weighted by molar-refractivity contribution is 0.100. The van der Waals surface area contributed by atoms with Crippen molar-refractivity contribution in [1.29, 1.82) is 0 Å². The van der Waals surface area contributed by atoms with E-state index in [0.717, 1.165) is 22.6 Å². The van der Waals surface area contributed by atoms with Gasteiger partial charge in [0.15, 0.2) is 5.65 Å². The number of fused-ring (bicyclic) bond motifs is 2. The van der Waals surface area contributed by atoms with Crippen LogP contribution in [0.5, 0.6) is 0 Å². The molecule has 0 saturated carbocycles. The Labute approximate surface area is 240 Å². The van der Waals surface area contributed by atoms with Crippen LogP contribution in [0.4, 0.5) is 14.5 Å². The van der Waals surface area contributed by atoms with E-state index in [1.807, 2.05) is 20.0 Å². The number of primary amides is 1. The van der Waals surface area contributed by atoms with Crippen molar-refractivity contribution < 1.29 is 18.4 Å². The molecule has 15 heteroatoms. The van der Waals surface area contributed by atoms with Crippen LogP contribution >= 0.6 is 11.3 Å². The van der Waals surface area contributed by atoms with Gasteiger partial charge in [-0.3, -0.25) is 19.0 Å². The molecule has 0 bridgehead atoms. The second-order valence-electron chi connectivity index (χ2n) is 9.57. The van der Waals surface area contributed by atoms with Crippen LogP contribution in [0.2, 0.25) is 0 Å². The first-order valence-electron chi connectivity index (χ1n) is 12.8. The summed E-state index contributed by atoms with van der Waals surface area (Å²) in [5.74, 6) is -1.46. The maximum absolute atomic E-state index is 13.8. The number of amides is 2. The molecule has 6 aromatic rings. The van der Waals surface area contributed by atoms with E-state index in [0.29, 0.717) is 34.4 Å². The van der Waals surface area contributed by atoms with Crippen molar-refractivity contribution in [2.45, 2.75) is 33.7 Å². The number of halogens is 2. The fraction of sp³-hybridized carbons (Fsp3) is 0.222. The Morgan fingerprint density at radius 2 is 1.93 bits per heavy atom. The van der Waals surface area contributed by atoms with Crippen molar-refractivity contribution in [3.05, 3.63) is 64.4 Å². The van der Waals surface area contributed by atoms with Crippen LogP contribution in [-0.2, 0) is 13.6 Å². The van der Waals surface area contributed by atoms with E-state index in [9.17, 15) is 18.4 Å². The minimum absolute atomic E-state index is 0.0345. The van der Waals surface area contributed by atoms with Crippen LogP contribution < -0.4 is 11.1 Å². The van der Waals surface area contributed by atoms with Gasteiger partial charge in [0.25, 0.3) is 18.2 Å². The van der Waals surface area contributed by atoms with Crippen molar-refractivity contribution in [3.63, 3.8) is 0 Å². The highest BCUT2D eigenvalue weighted by Gasteiger charge is 2.27. The van der Waals surface area contributed by atoms with E-state index in [-0.39, 0.29) is 26.6 Å². The van der Waals surface area contributed by atoms with Crippen LogP contribution in [0.3, 0.4) is 0 Å². The molecule has 0 atom stereocenters. The Kier molecular flexibility index (Phi) is 6.52. The highest BCUT2D eigenvalue weighted by molar-refractivity contribution is 7.21. The minimum Gasteiger partial charge on any atom is -0.365 e. The molecule has 0 aliphatic heterocycles. The molecule has 12 nitrogen and oxygen atoms in total. The van der Waals surface area contributed by atoms with Gasteiger partial charge in [0.1, 0.15) is 21.0 Å². The molecule has 6 rings (SSSR count). The maximum Gasteiger partial charge on any atom is 0.280 e. The first-order chi connectivity index (χ1) is 20.1. The number of aromatic nitrogens is 8. The SMILES string of the molecule is CCn1cc(-c2ccnc3c(C(=O)Nc4c(C(N)=O)sc5nc(C(F)F)cc(-c6cnn(C)c6C)c45)cnn23)c(C)n1. The Bertz CT molecular complexity index is 2040. The van der Waals surface area contributed by atoms with Crippen LogP contribution in [0.1, 0.15) is 50.5 Å². The number of nitrogens with two attached hydrogens (primary N) is 1. The number of carbonyl (C=O) groups excluding carboxylic acids is 2. The van der Waals surface area contributed by atoms with Crippen molar-refractivity contribution in [3.8, 4) is 22.4 Å². The summed E-state index contributed by atoms with van der Waals surface area (Å²) in [4.78, 5) is 34.8. The van der Waals surface area contributed by atoms with Crippen molar-refractivity contribution >= 4 is 44.7 Å². The zero-order chi connectivity index (χ0) is 29.9. The van der Waals surface area contributed by atoms with Gasteiger partial charge in [0.05, 0.1) is 29.5 Å². The molecule has 0 radical (unpaired) electrons. The largest absolute Gasteiger partial charge is 0.365 e. The second-order valence-corrected chi connectivity index (χ2v) is 10.6. The number of pyridine rings is 1. The van der Waals surface area contributed by atoms with Crippen molar-refractivity contribution in [1.82, 2.24) is 39.1 Å². The standard InChI is InChI=1S/C27H24F2N10O2S/c1-5-38-11-17(12(2)36-38)19-6-7-31-25-16(10-33-39(19)25)26(41)35-21-20-14(15-9-32-37(4)13(15)3)8-18(23(28)29)34-27(20)42-22(21)24(30)40/h6-11,23H,5H2,1-4H3,(H2,30,40)(H,35,41). The number of aryl methyl sites for hydroxylation is 3. The number of alkyl halides is 2. The van der Waals surface area contributed by atoms with Gasteiger partial charge in [-0.25, -0.2) is 23.3 Å². The number of nitrogens with zero attached hydrogens (tertiary/aromatic N) is 8. The molecule has 0 spiro atoms. The molecule has 0 aliphatic rings. The monoisotopic (exact) mass is 590 g/mol.